The van der Waals surface area contributed by atoms with E-state index in [1.54, 1.807) is 12.4 Å². The molecule has 218 valence electrons. The highest BCUT2D eigenvalue weighted by Crippen LogP contribution is 2.24. The monoisotopic (exact) mass is 562 g/mol. The molecule has 1 fully saturated rings. The van der Waals surface area contributed by atoms with Crippen molar-refractivity contribution >= 4 is 17.8 Å². The van der Waals surface area contributed by atoms with Crippen LogP contribution in [0.15, 0.2) is 60.9 Å². The summed E-state index contributed by atoms with van der Waals surface area (Å²) in [4.78, 5) is 42.9. The van der Waals surface area contributed by atoms with E-state index in [9.17, 15) is 9.59 Å². The molecule has 4 rings (SSSR count). The smallest absolute Gasteiger partial charge is 0.310 e. The molecule has 4 N–H and O–H groups in total. The lowest BCUT2D eigenvalue weighted by Gasteiger charge is -2.38. The summed E-state index contributed by atoms with van der Waals surface area (Å²) in [5, 5.41) is 16.4. The first-order valence-corrected chi connectivity index (χ1v) is 13.6. The Balaban J connectivity index is 0.00000108. The number of amides is 1. The van der Waals surface area contributed by atoms with E-state index in [1.807, 2.05) is 48.5 Å². The molecule has 3 aromatic rings. The Bertz CT molecular complexity index is 1280. The molecule has 0 spiro atoms. The molecule has 2 heterocycles. The summed E-state index contributed by atoms with van der Waals surface area (Å²) < 4.78 is 5.82. The molecule has 0 aliphatic carbocycles. The standard InChI is InChI=1S/C29H34N4O4.C2H4O2/c1-19(2)4-3-13-37-25-11-9-21(10-12-25)23-15-31-27(32-16-23)22-7-5-20(6-8-22)14-26(30)28(34)33-17-24(18-33)29(35)36;1-2(3)4/h5-12,15-16,19,24,26H,3-4,13-14,17-18,30H2,1-2H3,(H,35,36);1H3,(H,3,4)/t26-;/m0./s1. The van der Waals surface area contributed by atoms with Gasteiger partial charge in [0, 0.05) is 43.5 Å². The summed E-state index contributed by atoms with van der Waals surface area (Å²) in [7, 11) is 0. The molecule has 2 aromatic carbocycles. The zero-order valence-electron chi connectivity index (χ0n) is 23.7. The average Bonchev–Trinajstić information content (AvgIpc) is 2.90. The van der Waals surface area contributed by atoms with Gasteiger partial charge in [-0.3, -0.25) is 14.4 Å². The van der Waals surface area contributed by atoms with E-state index in [4.69, 9.17) is 25.5 Å². The van der Waals surface area contributed by atoms with Crippen LogP contribution in [0.1, 0.15) is 39.2 Å². The average molecular weight is 563 g/mol. The first-order valence-electron chi connectivity index (χ1n) is 13.6. The van der Waals surface area contributed by atoms with Gasteiger partial charge in [-0.15, -0.1) is 0 Å². The highest BCUT2D eigenvalue weighted by molar-refractivity contribution is 5.85. The molecule has 0 saturated carbocycles. The second-order valence-electron chi connectivity index (χ2n) is 10.5. The van der Waals surface area contributed by atoms with Crippen LogP contribution in [0.4, 0.5) is 0 Å². The zero-order valence-corrected chi connectivity index (χ0v) is 23.7. The highest BCUT2D eigenvalue weighted by Gasteiger charge is 2.37. The maximum Gasteiger partial charge on any atom is 0.310 e. The van der Waals surface area contributed by atoms with E-state index in [1.165, 1.54) is 4.90 Å². The topological polar surface area (TPSA) is 156 Å². The third kappa shape index (κ3) is 9.68. The van der Waals surface area contributed by atoms with Crippen LogP contribution in [0.2, 0.25) is 0 Å². The summed E-state index contributed by atoms with van der Waals surface area (Å²) >= 11 is 0. The van der Waals surface area contributed by atoms with E-state index in [2.05, 4.69) is 23.8 Å². The second kappa shape index (κ2) is 14.9. The van der Waals surface area contributed by atoms with Crippen LogP contribution in [0.3, 0.4) is 0 Å². The Kier molecular flexibility index (Phi) is 11.3. The molecule has 1 aromatic heterocycles. The maximum atomic E-state index is 12.4. The zero-order chi connectivity index (χ0) is 29.9. The minimum atomic E-state index is -0.876. The van der Waals surface area contributed by atoms with Crippen molar-refractivity contribution in [3.05, 3.63) is 66.5 Å². The largest absolute Gasteiger partial charge is 0.494 e. The van der Waals surface area contributed by atoms with Gasteiger partial charge < -0.3 is 25.6 Å². The summed E-state index contributed by atoms with van der Waals surface area (Å²) in [5.74, 6) is -0.251. The van der Waals surface area contributed by atoms with E-state index in [-0.39, 0.29) is 19.0 Å². The Morgan fingerprint density at radius 2 is 1.51 bits per heavy atom. The van der Waals surface area contributed by atoms with Crippen molar-refractivity contribution < 1.29 is 29.3 Å². The van der Waals surface area contributed by atoms with Gasteiger partial charge in [0.05, 0.1) is 18.6 Å². The van der Waals surface area contributed by atoms with Crippen molar-refractivity contribution in [2.45, 2.75) is 46.1 Å². The number of likely N-dealkylation sites (tertiary alicyclic amines) is 1. The molecular formula is C31H38N4O6. The van der Waals surface area contributed by atoms with E-state index >= 15 is 0 Å². The number of carboxylic acids is 2. The Hall–Kier alpha value is -4.31. The second-order valence-corrected chi connectivity index (χ2v) is 10.5. The fourth-order valence-electron chi connectivity index (χ4n) is 4.23. The van der Waals surface area contributed by atoms with Crippen LogP contribution < -0.4 is 10.5 Å². The van der Waals surface area contributed by atoms with Gasteiger partial charge in [-0.05, 0) is 48.4 Å². The molecule has 1 amide bonds. The molecule has 10 heteroatoms. The molecule has 10 nitrogen and oxygen atoms in total. The fraction of sp³-hybridized carbons (Fsp3) is 0.387. The summed E-state index contributed by atoms with van der Waals surface area (Å²) in [6.07, 6.45) is 6.20. The van der Waals surface area contributed by atoms with Crippen molar-refractivity contribution in [3.8, 4) is 28.3 Å². The minimum absolute atomic E-state index is 0.216. The SMILES string of the molecule is CC(=O)O.CC(C)CCCOc1ccc(-c2cnc(-c3ccc(C[C@H](N)C(=O)N4CC(C(=O)O)C4)cc3)nc2)cc1. The van der Waals surface area contributed by atoms with Crippen LogP contribution in [-0.4, -0.2) is 68.7 Å². The quantitative estimate of drug-likeness (QED) is 0.292. The van der Waals surface area contributed by atoms with Gasteiger partial charge in [-0.1, -0.05) is 50.2 Å². The first-order chi connectivity index (χ1) is 19.5. The molecule has 0 unspecified atom stereocenters. The number of carbonyl (C=O) groups excluding carboxylic acids is 1. The van der Waals surface area contributed by atoms with Crippen molar-refractivity contribution in [2.24, 2.45) is 17.6 Å². The highest BCUT2D eigenvalue weighted by atomic mass is 16.5. The molecule has 1 aliphatic rings. The molecular weight excluding hydrogens is 524 g/mol. The number of aromatic nitrogens is 2. The number of hydrogen-bond acceptors (Lipinski definition) is 7. The molecule has 0 radical (unpaired) electrons. The predicted molar refractivity (Wildman–Crippen MR) is 155 cm³/mol. The van der Waals surface area contributed by atoms with Gasteiger partial charge in [0.25, 0.3) is 5.97 Å². The molecule has 1 aliphatic heterocycles. The number of aliphatic carboxylic acids is 2. The van der Waals surface area contributed by atoms with Crippen LogP contribution in [0.5, 0.6) is 5.75 Å². The number of nitrogens with two attached hydrogens (primary N) is 1. The molecule has 41 heavy (non-hydrogen) atoms. The predicted octanol–water partition coefficient (Wildman–Crippen LogP) is 4.13. The Morgan fingerprint density at radius 1 is 0.951 bits per heavy atom. The van der Waals surface area contributed by atoms with Crippen LogP contribution >= 0.6 is 0 Å². The normalized spacial score (nSPS) is 13.5. The number of nitrogens with zero attached hydrogens (tertiary/aromatic N) is 3. The lowest BCUT2D eigenvalue weighted by atomic mass is 9.97. The van der Waals surface area contributed by atoms with Gasteiger partial charge in [0.2, 0.25) is 5.91 Å². The maximum absolute atomic E-state index is 12.4. The first kappa shape index (κ1) is 31.2. The summed E-state index contributed by atoms with van der Waals surface area (Å²) in [6, 6.07) is 14.9. The number of ether oxygens (including phenoxy) is 1. The van der Waals surface area contributed by atoms with Gasteiger partial charge in [0.15, 0.2) is 5.82 Å². The summed E-state index contributed by atoms with van der Waals surface area (Å²) in [5.41, 5.74) is 9.81. The van der Waals surface area contributed by atoms with E-state index in [0.29, 0.717) is 18.2 Å². The van der Waals surface area contributed by atoms with Crippen molar-refractivity contribution in [1.29, 1.82) is 0 Å². The number of benzene rings is 2. The van der Waals surface area contributed by atoms with Crippen LogP contribution in [0.25, 0.3) is 22.5 Å². The summed E-state index contributed by atoms with van der Waals surface area (Å²) in [6.45, 7) is 6.69. The number of hydrogen-bond donors (Lipinski definition) is 3. The lowest BCUT2D eigenvalue weighted by molar-refractivity contribution is -0.153. The Morgan fingerprint density at radius 3 is 2.05 bits per heavy atom. The van der Waals surface area contributed by atoms with Crippen LogP contribution in [0, 0.1) is 11.8 Å². The lowest BCUT2D eigenvalue weighted by Crippen LogP contribution is -2.57. The molecule has 0 bridgehead atoms. The molecule has 1 saturated heterocycles. The minimum Gasteiger partial charge on any atom is -0.494 e. The van der Waals surface area contributed by atoms with E-state index < -0.39 is 23.9 Å². The number of carbonyl (C=O) groups is 3. The third-order valence-corrected chi connectivity index (χ3v) is 6.56. The fourth-order valence-corrected chi connectivity index (χ4v) is 4.23. The van der Waals surface area contributed by atoms with Crippen molar-refractivity contribution in [1.82, 2.24) is 14.9 Å². The van der Waals surface area contributed by atoms with Crippen molar-refractivity contribution in [2.75, 3.05) is 19.7 Å². The van der Waals surface area contributed by atoms with Crippen LogP contribution in [-0.2, 0) is 20.8 Å². The molecule has 1 atom stereocenters. The van der Waals surface area contributed by atoms with Crippen molar-refractivity contribution in [3.63, 3.8) is 0 Å². The van der Waals surface area contributed by atoms with Gasteiger partial charge >= 0.3 is 5.97 Å². The van der Waals surface area contributed by atoms with E-state index in [0.717, 1.165) is 54.4 Å². The third-order valence-electron chi connectivity index (χ3n) is 6.56. The van der Waals surface area contributed by atoms with Gasteiger partial charge in [-0.25, -0.2) is 9.97 Å². The number of rotatable bonds is 11. The Labute approximate surface area is 240 Å². The van der Waals surface area contributed by atoms with Gasteiger partial charge in [0.1, 0.15) is 5.75 Å². The number of carboxylic acid groups (broad SMARTS) is 2. The van der Waals surface area contributed by atoms with Gasteiger partial charge in [-0.2, -0.15) is 0 Å².